The number of ether oxygens (including phenoxy) is 1. The van der Waals surface area contributed by atoms with Crippen molar-refractivity contribution in [2.75, 3.05) is 19.4 Å². The van der Waals surface area contributed by atoms with Crippen LogP contribution >= 0.6 is 11.3 Å². The highest BCUT2D eigenvalue weighted by Gasteiger charge is 2.18. The average molecular weight is 469 g/mol. The first-order chi connectivity index (χ1) is 15.3. The molecule has 0 saturated carbocycles. The first-order valence-electron chi connectivity index (χ1n) is 9.60. The summed E-state index contributed by atoms with van der Waals surface area (Å²) in [5.74, 6) is -1.00. The van der Waals surface area contributed by atoms with Crippen LogP contribution in [0.1, 0.15) is 30.5 Å². The van der Waals surface area contributed by atoms with Crippen LogP contribution < -0.4 is 4.72 Å². The Balaban J connectivity index is 1.66. The normalized spacial score (nSPS) is 11.0. The molecule has 1 heterocycles. The molecule has 32 heavy (non-hydrogen) atoms. The van der Waals surface area contributed by atoms with E-state index in [0.29, 0.717) is 28.0 Å². The van der Waals surface area contributed by atoms with Crippen LogP contribution in [0, 0.1) is 11.3 Å². The average Bonchev–Trinajstić information content (AvgIpc) is 3.25. The molecule has 0 aliphatic carbocycles. The molecule has 0 bridgehead atoms. The lowest BCUT2D eigenvalue weighted by atomic mass is 9.96. The molecule has 7 nitrogen and oxygen atoms in total. The molecular weight excluding hydrogens is 448 g/mol. The van der Waals surface area contributed by atoms with Gasteiger partial charge in [0.15, 0.2) is 6.61 Å². The second kappa shape index (κ2) is 10.3. The lowest BCUT2D eigenvalue weighted by Gasteiger charge is -2.10. The van der Waals surface area contributed by atoms with Gasteiger partial charge in [-0.15, -0.1) is 11.3 Å². The number of benzene rings is 2. The molecular formula is C23H20N2O5S2. The summed E-state index contributed by atoms with van der Waals surface area (Å²) in [6, 6.07) is 19.2. The lowest BCUT2D eigenvalue weighted by molar-refractivity contribution is 0.0476. The van der Waals surface area contributed by atoms with Crippen molar-refractivity contribution in [2.24, 2.45) is 0 Å². The van der Waals surface area contributed by atoms with Gasteiger partial charge in [-0.1, -0.05) is 36.4 Å². The fourth-order valence-corrected chi connectivity index (χ4v) is 4.42. The van der Waals surface area contributed by atoms with Gasteiger partial charge in [0.25, 0.3) is 0 Å². The lowest BCUT2D eigenvalue weighted by Crippen LogP contribution is -2.24. The molecule has 0 fully saturated rings. The zero-order valence-electron chi connectivity index (χ0n) is 17.2. The predicted molar refractivity (Wildman–Crippen MR) is 122 cm³/mol. The van der Waals surface area contributed by atoms with E-state index in [2.05, 4.69) is 10.8 Å². The summed E-state index contributed by atoms with van der Waals surface area (Å²) in [4.78, 5) is 26.4. The fourth-order valence-electron chi connectivity index (χ4n) is 3.01. The summed E-state index contributed by atoms with van der Waals surface area (Å²) in [5.41, 5.74) is 1.86. The summed E-state index contributed by atoms with van der Waals surface area (Å²) in [6.07, 6.45) is 1.54. The van der Waals surface area contributed by atoms with Gasteiger partial charge >= 0.3 is 5.97 Å². The van der Waals surface area contributed by atoms with Crippen molar-refractivity contribution >= 4 is 33.1 Å². The van der Waals surface area contributed by atoms with E-state index in [1.54, 1.807) is 60.7 Å². The van der Waals surface area contributed by atoms with Gasteiger partial charge in [-0.2, -0.15) is 5.26 Å². The number of nitriles is 1. The van der Waals surface area contributed by atoms with Gasteiger partial charge in [0.05, 0.1) is 28.3 Å². The van der Waals surface area contributed by atoms with Crippen LogP contribution in [0.3, 0.4) is 0 Å². The van der Waals surface area contributed by atoms with Gasteiger partial charge in [-0.25, -0.2) is 17.9 Å². The first-order valence-corrected chi connectivity index (χ1v) is 12.3. The number of rotatable bonds is 9. The molecule has 1 aromatic heterocycles. The van der Waals surface area contributed by atoms with E-state index >= 15 is 0 Å². The Kier molecular flexibility index (Phi) is 7.53. The number of hydrogen-bond acceptors (Lipinski definition) is 7. The Morgan fingerprint density at radius 1 is 1.03 bits per heavy atom. The molecule has 0 unspecified atom stereocenters. The van der Waals surface area contributed by atoms with E-state index in [0.717, 1.165) is 11.1 Å². The minimum Gasteiger partial charge on any atom is -0.454 e. The van der Waals surface area contributed by atoms with E-state index in [9.17, 15) is 23.3 Å². The van der Waals surface area contributed by atoms with Crippen molar-refractivity contribution in [2.45, 2.75) is 6.42 Å². The molecule has 0 aliphatic rings. The number of nitrogens with one attached hydrogen (secondary N) is 1. The van der Waals surface area contributed by atoms with Crippen molar-refractivity contribution in [3.8, 4) is 17.2 Å². The number of ketones is 1. The maximum absolute atomic E-state index is 12.7. The van der Waals surface area contributed by atoms with Crippen molar-refractivity contribution in [3.05, 3.63) is 81.5 Å². The van der Waals surface area contributed by atoms with Gasteiger partial charge in [-0.3, -0.25) is 4.79 Å². The van der Waals surface area contributed by atoms with Crippen molar-refractivity contribution < 1.29 is 22.7 Å². The molecule has 3 rings (SSSR count). The van der Waals surface area contributed by atoms with E-state index in [1.807, 2.05) is 0 Å². The topological polar surface area (TPSA) is 113 Å². The fraction of sp³-hybridized carbons (Fsp3) is 0.174. The molecule has 0 amide bonds. The number of sulfonamides is 1. The summed E-state index contributed by atoms with van der Waals surface area (Å²) in [6.45, 7) is -0.183. The Hall–Kier alpha value is -3.32. The standard InChI is InChI=1S/C23H20N2O5S2/c1-32(28,29)25-13-12-17-10-11-22(31-17)21(26)15-30-23(27)20-9-5-4-8-19(20)18-7-3-2-6-16(18)14-24/h2-11,25H,12-13,15H2,1H3. The van der Waals surface area contributed by atoms with E-state index in [4.69, 9.17) is 4.74 Å². The van der Waals surface area contributed by atoms with Gasteiger partial charge in [0.1, 0.15) is 0 Å². The summed E-state index contributed by atoms with van der Waals surface area (Å²) in [7, 11) is -3.26. The van der Waals surface area contributed by atoms with Crippen LogP contribution in [0.5, 0.6) is 0 Å². The number of carbonyl (C=O) groups is 2. The van der Waals surface area contributed by atoms with Crippen LogP contribution in [0.2, 0.25) is 0 Å². The second-order valence-corrected chi connectivity index (χ2v) is 9.89. The monoisotopic (exact) mass is 468 g/mol. The first kappa shape index (κ1) is 23.3. The van der Waals surface area contributed by atoms with Crippen LogP contribution in [0.4, 0.5) is 0 Å². The largest absolute Gasteiger partial charge is 0.454 e. The van der Waals surface area contributed by atoms with E-state index in [-0.39, 0.29) is 17.9 Å². The molecule has 2 aromatic carbocycles. The number of esters is 1. The van der Waals surface area contributed by atoms with Crippen molar-refractivity contribution in [3.63, 3.8) is 0 Å². The Morgan fingerprint density at radius 3 is 2.44 bits per heavy atom. The Bertz CT molecular complexity index is 1290. The van der Waals surface area contributed by atoms with Crippen LogP contribution in [0.25, 0.3) is 11.1 Å². The molecule has 1 N–H and O–H groups in total. The summed E-state index contributed by atoms with van der Waals surface area (Å²) in [5, 5.41) is 9.36. The molecule has 0 radical (unpaired) electrons. The number of Topliss-reactive ketones (excluding diaryl/α,β-unsaturated/α-hetero) is 1. The van der Waals surface area contributed by atoms with Gasteiger partial charge in [0, 0.05) is 17.0 Å². The van der Waals surface area contributed by atoms with Crippen LogP contribution in [-0.2, 0) is 21.2 Å². The number of nitrogens with zero attached hydrogens (tertiary/aromatic N) is 1. The molecule has 164 valence electrons. The third kappa shape index (κ3) is 6.11. The van der Waals surface area contributed by atoms with Crippen LogP contribution in [0.15, 0.2) is 60.7 Å². The number of hydrogen-bond donors (Lipinski definition) is 1. The van der Waals surface area contributed by atoms with E-state index in [1.165, 1.54) is 11.3 Å². The highest BCUT2D eigenvalue weighted by molar-refractivity contribution is 7.88. The third-order valence-electron chi connectivity index (χ3n) is 4.49. The highest BCUT2D eigenvalue weighted by Crippen LogP contribution is 2.27. The SMILES string of the molecule is CS(=O)(=O)NCCc1ccc(C(=O)COC(=O)c2ccccc2-c2ccccc2C#N)s1. The van der Waals surface area contributed by atoms with Crippen LogP contribution in [-0.4, -0.2) is 39.6 Å². The maximum atomic E-state index is 12.7. The minimum absolute atomic E-state index is 0.239. The summed E-state index contributed by atoms with van der Waals surface area (Å²) < 4.78 is 29.9. The molecule has 3 aromatic rings. The molecule has 0 spiro atoms. The quantitative estimate of drug-likeness (QED) is 0.380. The van der Waals surface area contributed by atoms with Gasteiger partial charge < -0.3 is 4.74 Å². The zero-order chi connectivity index (χ0) is 23.1. The Labute approximate surface area is 190 Å². The minimum atomic E-state index is -3.26. The molecule has 0 aliphatic heterocycles. The smallest absolute Gasteiger partial charge is 0.339 e. The Morgan fingerprint density at radius 2 is 1.72 bits per heavy atom. The maximum Gasteiger partial charge on any atom is 0.339 e. The summed E-state index contributed by atoms with van der Waals surface area (Å²) >= 11 is 1.23. The molecule has 9 heteroatoms. The van der Waals surface area contributed by atoms with Gasteiger partial charge in [-0.05, 0) is 36.2 Å². The van der Waals surface area contributed by atoms with Crippen molar-refractivity contribution in [1.82, 2.24) is 4.72 Å². The van der Waals surface area contributed by atoms with E-state index < -0.39 is 22.6 Å². The highest BCUT2D eigenvalue weighted by atomic mass is 32.2. The second-order valence-electron chi connectivity index (χ2n) is 6.88. The van der Waals surface area contributed by atoms with Gasteiger partial charge in [0.2, 0.25) is 15.8 Å². The van der Waals surface area contributed by atoms with Crippen molar-refractivity contribution in [1.29, 1.82) is 5.26 Å². The number of thiophene rings is 1. The molecule has 0 saturated heterocycles. The third-order valence-corrected chi connectivity index (χ3v) is 6.41. The number of carbonyl (C=O) groups excluding carboxylic acids is 2. The molecule has 0 atom stereocenters. The predicted octanol–water partition coefficient (Wildman–Crippen LogP) is 3.42. The zero-order valence-corrected chi connectivity index (χ0v) is 18.8.